The van der Waals surface area contributed by atoms with E-state index in [0.717, 1.165) is 5.75 Å². The van der Waals surface area contributed by atoms with Crippen molar-refractivity contribution >= 4 is 23.7 Å². The summed E-state index contributed by atoms with van der Waals surface area (Å²) in [5.74, 6) is 0.0280. The molecule has 0 spiro atoms. The zero-order valence-corrected chi connectivity index (χ0v) is 9.74. The number of methoxy groups -OCH3 is 1. The highest BCUT2D eigenvalue weighted by Crippen LogP contribution is 2.16. The number of hydrogen-bond acceptors (Lipinski definition) is 7. The van der Waals surface area contributed by atoms with Gasteiger partial charge in [-0.15, -0.1) is 0 Å². The Morgan fingerprint density at radius 2 is 2.25 bits per heavy atom. The van der Waals surface area contributed by atoms with Gasteiger partial charge in [0, 0.05) is 0 Å². The van der Waals surface area contributed by atoms with Crippen LogP contribution in [0.3, 0.4) is 0 Å². The zero-order chi connectivity index (χ0) is 12.0. The zero-order valence-electron chi connectivity index (χ0n) is 8.93. The van der Waals surface area contributed by atoms with Gasteiger partial charge in [0.05, 0.1) is 7.11 Å². The fraction of sp³-hybridized carbons (Fsp3) is 0.500. The Morgan fingerprint density at radius 1 is 1.50 bits per heavy atom. The minimum Gasteiger partial charge on any atom is -0.480 e. The summed E-state index contributed by atoms with van der Waals surface area (Å²) in [7, 11) is 1.44. The third kappa shape index (κ3) is 3.89. The maximum atomic E-state index is 10.4. The number of carbonyl (C=O) groups is 1. The van der Waals surface area contributed by atoms with Gasteiger partial charge in [0.25, 0.3) is 0 Å². The Balaban J connectivity index is 2.81. The van der Waals surface area contributed by atoms with Gasteiger partial charge in [-0.25, -0.2) is 0 Å². The molecule has 0 aliphatic rings. The topological polar surface area (TPSA) is 97.2 Å². The van der Waals surface area contributed by atoms with Crippen molar-refractivity contribution in [2.75, 3.05) is 24.7 Å². The SMILES string of the molecule is CCSc1nc(NCC(=O)O)nc(OC)n1. The highest BCUT2D eigenvalue weighted by atomic mass is 32.2. The van der Waals surface area contributed by atoms with Crippen LogP contribution in [0.5, 0.6) is 6.01 Å². The summed E-state index contributed by atoms with van der Waals surface area (Å²) in [6, 6.07) is 0.166. The molecular formula is C8H12N4O3S. The van der Waals surface area contributed by atoms with Crippen molar-refractivity contribution in [1.29, 1.82) is 0 Å². The molecule has 88 valence electrons. The van der Waals surface area contributed by atoms with Gasteiger partial charge in [-0.1, -0.05) is 18.7 Å². The van der Waals surface area contributed by atoms with Crippen molar-refractivity contribution in [2.45, 2.75) is 12.1 Å². The summed E-state index contributed by atoms with van der Waals surface area (Å²) in [6.07, 6.45) is 0. The van der Waals surface area contributed by atoms with E-state index in [1.807, 2.05) is 6.92 Å². The van der Waals surface area contributed by atoms with Gasteiger partial charge in [-0.3, -0.25) is 4.79 Å². The van der Waals surface area contributed by atoms with Gasteiger partial charge < -0.3 is 15.2 Å². The first kappa shape index (κ1) is 12.5. The number of carboxylic acids is 1. The maximum Gasteiger partial charge on any atom is 0.322 e. The van der Waals surface area contributed by atoms with E-state index in [2.05, 4.69) is 20.3 Å². The summed E-state index contributed by atoms with van der Waals surface area (Å²) in [4.78, 5) is 22.3. The van der Waals surface area contributed by atoms with Gasteiger partial charge in [0.1, 0.15) is 6.54 Å². The second kappa shape index (κ2) is 6.11. The van der Waals surface area contributed by atoms with Crippen LogP contribution in [0.15, 0.2) is 5.16 Å². The average molecular weight is 244 g/mol. The number of hydrogen-bond donors (Lipinski definition) is 2. The van der Waals surface area contributed by atoms with Crippen molar-refractivity contribution in [3.63, 3.8) is 0 Å². The molecule has 1 rings (SSSR count). The largest absolute Gasteiger partial charge is 0.480 e. The number of anilines is 1. The Labute approximate surface area is 96.7 Å². The van der Waals surface area contributed by atoms with Crippen molar-refractivity contribution in [2.24, 2.45) is 0 Å². The van der Waals surface area contributed by atoms with E-state index >= 15 is 0 Å². The molecule has 0 aromatic carbocycles. The molecule has 0 bridgehead atoms. The molecule has 0 unspecified atom stereocenters. The van der Waals surface area contributed by atoms with Gasteiger partial charge in [0.2, 0.25) is 5.95 Å². The summed E-state index contributed by atoms with van der Waals surface area (Å²) in [6.45, 7) is 1.72. The molecule has 7 nitrogen and oxygen atoms in total. The summed E-state index contributed by atoms with van der Waals surface area (Å²) in [5, 5.41) is 11.6. The van der Waals surface area contributed by atoms with Crippen molar-refractivity contribution < 1.29 is 14.6 Å². The van der Waals surface area contributed by atoms with E-state index < -0.39 is 5.97 Å². The fourth-order valence-corrected chi connectivity index (χ4v) is 1.41. The van der Waals surface area contributed by atoms with Gasteiger partial charge in [0.15, 0.2) is 5.16 Å². The number of rotatable bonds is 6. The molecule has 2 N–H and O–H groups in total. The van der Waals surface area contributed by atoms with Crippen molar-refractivity contribution in [3.05, 3.63) is 0 Å². The normalized spacial score (nSPS) is 9.88. The fourth-order valence-electron chi connectivity index (χ4n) is 0.857. The van der Waals surface area contributed by atoms with Crippen LogP contribution < -0.4 is 10.1 Å². The van der Waals surface area contributed by atoms with Crippen LogP contribution in [-0.2, 0) is 4.79 Å². The van der Waals surface area contributed by atoms with Gasteiger partial charge >= 0.3 is 12.0 Å². The van der Waals surface area contributed by atoms with E-state index in [1.165, 1.54) is 18.9 Å². The van der Waals surface area contributed by atoms with Gasteiger partial charge in [-0.05, 0) is 5.75 Å². The quantitative estimate of drug-likeness (QED) is 0.698. The molecule has 0 fully saturated rings. The molecule has 0 radical (unpaired) electrons. The van der Waals surface area contributed by atoms with Crippen LogP contribution >= 0.6 is 11.8 Å². The molecule has 1 heterocycles. The molecule has 0 saturated carbocycles. The number of thioether (sulfide) groups is 1. The first-order valence-electron chi connectivity index (χ1n) is 4.54. The molecule has 0 saturated heterocycles. The number of nitrogens with one attached hydrogen (secondary N) is 1. The lowest BCUT2D eigenvalue weighted by atomic mass is 10.6. The predicted molar refractivity (Wildman–Crippen MR) is 58.9 cm³/mol. The van der Waals surface area contributed by atoms with Crippen LogP contribution in [0.2, 0.25) is 0 Å². The third-order valence-electron chi connectivity index (χ3n) is 1.45. The summed E-state index contributed by atoms with van der Waals surface area (Å²) in [5.41, 5.74) is 0. The highest BCUT2D eigenvalue weighted by molar-refractivity contribution is 7.99. The minimum atomic E-state index is -0.982. The molecule has 8 heteroatoms. The van der Waals surface area contributed by atoms with Crippen LogP contribution in [0.1, 0.15) is 6.92 Å². The Kier molecular flexibility index (Phi) is 4.77. The first-order chi connectivity index (χ1) is 7.65. The molecule has 0 aliphatic carbocycles. The smallest absolute Gasteiger partial charge is 0.322 e. The van der Waals surface area contributed by atoms with Gasteiger partial charge in [-0.2, -0.15) is 15.0 Å². The van der Waals surface area contributed by atoms with Crippen molar-refractivity contribution in [1.82, 2.24) is 15.0 Å². The third-order valence-corrected chi connectivity index (χ3v) is 2.18. The van der Waals surface area contributed by atoms with E-state index in [1.54, 1.807) is 0 Å². The highest BCUT2D eigenvalue weighted by Gasteiger charge is 2.07. The van der Waals surface area contributed by atoms with E-state index in [4.69, 9.17) is 9.84 Å². The Morgan fingerprint density at radius 3 is 2.81 bits per heavy atom. The lowest BCUT2D eigenvalue weighted by Gasteiger charge is -2.05. The molecule has 1 aromatic heterocycles. The number of ether oxygens (including phenoxy) is 1. The molecule has 1 aromatic rings. The van der Waals surface area contributed by atoms with E-state index in [0.29, 0.717) is 5.16 Å². The maximum absolute atomic E-state index is 10.4. The number of aromatic nitrogens is 3. The summed E-state index contributed by atoms with van der Waals surface area (Å²) < 4.78 is 4.89. The number of nitrogens with zero attached hydrogens (tertiary/aromatic N) is 3. The number of aliphatic carboxylic acids is 1. The number of carboxylic acid groups (broad SMARTS) is 1. The second-order valence-corrected chi connectivity index (χ2v) is 3.84. The molecule has 0 amide bonds. The average Bonchev–Trinajstić information content (AvgIpc) is 2.26. The minimum absolute atomic E-state index is 0.166. The monoisotopic (exact) mass is 244 g/mol. The molecule has 16 heavy (non-hydrogen) atoms. The van der Waals surface area contributed by atoms with E-state index in [-0.39, 0.29) is 18.5 Å². The van der Waals surface area contributed by atoms with Crippen molar-refractivity contribution in [3.8, 4) is 6.01 Å². The predicted octanol–water partition coefficient (Wildman–Crippen LogP) is 0.489. The standard InChI is InChI=1S/C8H12N4O3S/c1-3-16-8-11-6(9-4-5(13)14)10-7(12-8)15-2/h3-4H2,1-2H3,(H,13,14)(H,9,10,11,12). The second-order valence-electron chi connectivity index (χ2n) is 2.61. The summed E-state index contributed by atoms with van der Waals surface area (Å²) >= 11 is 1.42. The Bertz CT molecular complexity index is 374. The van der Waals surface area contributed by atoms with E-state index in [9.17, 15) is 4.79 Å². The first-order valence-corrected chi connectivity index (χ1v) is 5.52. The molecule has 0 aliphatic heterocycles. The molecular weight excluding hydrogens is 232 g/mol. The van der Waals surface area contributed by atoms with Crippen LogP contribution in [0.25, 0.3) is 0 Å². The lowest BCUT2D eigenvalue weighted by molar-refractivity contribution is -0.134. The van der Waals surface area contributed by atoms with Crippen LogP contribution in [0, 0.1) is 0 Å². The Hall–Kier alpha value is -1.57. The lowest BCUT2D eigenvalue weighted by Crippen LogP contribution is -2.15. The van der Waals surface area contributed by atoms with Crippen LogP contribution in [0.4, 0.5) is 5.95 Å². The van der Waals surface area contributed by atoms with Crippen LogP contribution in [-0.4, -0.2) is 45.4 Å². The molecule has 0 atom stereocenters.